The van der Waals surface area contributed by atoms with Gasteiger partial charge in [-0.3, -0.25) is 9.59 Å². The molecule has 3 rings (SSSR count). The van der Waals surface area contributed by atoms with Crippen molar-refractivity contribution in [2.75, 3.05) is 0 Å². The number of fused-ring (bicyclic) bond motifs is 1. The van der Waals surface area contributed by atoms with Gasteiger partial charge in [0.25, 0.3) is 5.56 Å². The van der Waals surface area contributed by atoms with Crippen molar-refractivity contribution in [1.82, 2.24) is 10.3 Å². The Morgan fingerprint density at radius 2 is 1.93 bits per heavy atom. The summed E-state index contributed by atoms with van der Waals surface area (Å²) < 4.78 is 27.9. The maximum absolute atomic E-state index is 14.1. The standard InChI is InChI=1S/C20H15ClF2N2O4/c1-9-2-3-15(22)13(17(9)23)7-16(26)24-8-11-5-12(21)4-10-6-14(20(28)29)19(27)25-18(10)11/h2-6H,7-8H2,1H3,(H,24,26)(H,25,27)(H,28,29). The number of carboxylic acids is 1. The number of H-pyrrole nitrogens is 1. The van der Waals surface area contributed by atoms with Crippen molar-refractivity contribution in [3.63, 3.8) is 0 Å². The van der Waals surface area contributed by atoms with E-state index in [0.717, 1.165) is 6.07 Å². The molecule has 150 valence electrons. The van der Waals surface area contributed by atoms with Gasteiger partial charge in [-0.1, -0.05) is 17.7 Å². The van der Waals surface area contributed by atoms with Crippen molar-refractivity contribution >= 4 is 34.4 Å². The number of rotatable bonds is 5. The van der Waals surface area contributed by atoms with Crippen LogP contribution in [0.15, 0.2) is 35.1 Å². The van der Waals surface area contributed by atoms with Crippen molar-refractivity contribution in [2.45, 2.75) is 19.9 Å². The Morgan fingerprint density at radius 3 is 2.62 bits per heavy atom. The lowest BCUT2D eigenvalue weighted by Crippen LogP contribution is -2.26. The molecule has 1 heterocycles. The topological polar surface area (TPSA) is 99.3 Å². The molecular weight excluding hydrogens is 406 g/mol. The highest BCUT2D eigenvalue weighted by atomic mass is 35.5. The highest BCUT2D eigenvalue weighted by Gasteiger charge is 2.16. The molecule has 29 heavy (non-hydrogen) atoms. The van der Waals surface area contributed by atoms with Gasteiger partial charge in [0.1, 0.15) is 17.2 Å². The molecule has 0 atom stereocenters. The van der Waals surface area contributed by atoms with Crippen molar-refractivity contribution in [3.05, 3.63) is 79.6 Å². The van der Waals surface area contributed by atoms with Gasteiger partial charge in [0.15, 0.2) is 0 Å². The van der Waals surface area contributed by atoms with Crippen LogP contribution >= 0.6 is 11.6 Å². The number of hydrogen-bond acceptors (Lipinski definition) is 3. The largest absolute Gasteiger partial charge is 0.477 e. The molecule has 0 aliphatic carbocycles. The fraction of sp³-hybridized carbons (Fsp3) is 0.150. The number of aromatic nitrogens is 1. The van der Waals surface area contributed by atoms with Crippen molar-refractivity contribution < 1.29 is 23.5 Å². The SMILES string of the molecule is Cc1ccc(F)c(CC(=O)NCc2cc(Cl)cc3cc(C(=O)O)c(=O)[nH]c23)c1F. The van der Waals surface area contributed by atoms with E-state index in [1.165, 1.54) is 31.2 Å². The van der Waals surface area contributed by atoms with Crippen LogP contribution in [-0.4, -0.2) is 22.0 Å². The number of aromatic amines is 1. The number of carbonyl (C=O) groups is 2. The molecule has 2 aromatic carbocycles. The average Bonchev–Trinajstić information content (AvgIpc) is 2.66. The smallest absolute Gasteiger partial charge is 0.341 e. The first-order chi connectivity index (χ1) is 13.7. The third-order valence-corrected chi connectivity index (χ3v) is 4.64. The number of carbonyl (C=O) groups excluding carboxylic acids is 1. The minimum Gasteiger partial charge on any atom is -0.477 e. The molecule has 0 aliphatic rings. The molecule has 3 N–H and O–H groups in total. The summed E-state index contributed by atoms with van der Waals surface area (Å²) >= 11 is 6.05. The van der Waals surface area contributed by atoms with Crippen LogP contribution in [0.2, 0.25) is 5.02 Å². The number of halogens is 3. The van der Waals surface area contributed by atoms with Crippen LogP contribution in [0.3, 0.4) is 0 Å². The quantitative estimate of drug-likeness (QED) is 0.589. The highest BCUT2D eigenvalue weighted by molar-refractivity contribution is 6.31. The minimum atomic E-state index is -1.38. The number of nitrogens with one attached hydrogen (secondary N) is 2. The average molecular weight is 421 g/mol. The molecule has 0 aliphatic heterocycles. The van der Waals surface area contributed by atoms with Gasteiger partial charge >= 0.3 is 5.97 Å². The number of aromatic carboxylic acids is 1. The second-order valence-corrected chi connectivity index (χ2v) is 6.89. The van der Waals surface area contributed by atoms with E-state index in [-0.39, 0.29) is 22.7 Å². The Kier molecular flexibility index (Phi) is 5.65. The molecule has 1 amide bonds. The Labute approximate surface area is 168 Å². The van der Waals surface area contributed by atoms with Gasteiger partial charge in [-0.15, -0.1) is 0 Å². The first kappa shape index (κ1) is 20.5. The van der Waals surface area contributed by atoms with Gasteiger partial charge in [0.2, 0.25) is 5.91 Å². The molecule has 6 nitrogen and oxygen atoms in total. The Hall–Kier alpha value is -3.26. The third kappa shape index (κ3) is 4.27. The lowest BCUT2D eigenvalue weighted by Gasteiger charge is -2.11. The zero-order valence-electron chi connectivity index (χ0n) is 15.1. The van der Waals surface area contributed by atoms with Crippen molar-refractivity contribution in [3.8, 4) is 0 Å². The number of pyridine rings is 1. The number of hydrogen-bond donors (Lipinski definition) is 3. The summed E-state index contributed by atoms with van der Waals surface area (Å²) in [4.78, 5) is 37.8. The van der Waals surface area contributed by atoms with Crippen LogP contribution in [0.1, 0.15) is 27.0 Å². The fourth-order valence-corrected chi connectivity index (χ4v) is 3.20. The summed E-state index contributed by atoms with van der Waals surface area (Å²) in [6.45, 7) is 1.38. The van der Waals surface area contributed by atoms with E-state index < -0.39 is 41.1 Å². The van der Waals surface area contributed by atoms with E-state index >= 15 is 0 Å². The van der Waals surface area contributed by atoms with Crippen LogP contribution in [0.5, 0.6) is 0 Å². The van der Waals surface area contributed by atoms with Crippen LogP contribution in [0.4, 0.5) is 8.78 Å². The van der Waals surface area contributed by atoms with Gasteiger partial charge in [-0.2, -0.15) is 0 Å². The molecule has 0 fully saturated rings. The van der Waals surface area contributed by atoms with E-state index in [2.05, 4.69) is 10.3 Å². The van der Waals surface area contributed by atoms with E-state index in [0.29, 0.717) is 16.5 Å². The molecule has 0 unspecified atom stereocenters. The van der Waals surface area contributed by atoms with Crippen LogP contribution in [0.25, 0.3) is 10.9 Å². The first-order valence-electron chi connectivity index (χ1n) is 8.46. The minimum absolute atomic E-state index is 0.0900. The van der Waals surface area contributed by atoms with Gasteiger partial charge in [0.05, 0.1) is 11.9 Å². The summed E-state index contributed by atoms with van der Waals surface area (Å²) in [7, 11) is 0. The van der Waals surface area contributed by atoms with Crippen LogP contribution in [-0.2, 0) is 17.8 Å². The molecule has 0 saturated carbocycles. The maximum atomic E-state index is 14.1. The van der Waals surface area contributed by atoms with Gasteiger partial charge in [-0.25, -0.2) is 13.6 Å². The first-order valence-corrected chi connectivity index (χ1v) is 8.84. The maximum Gasteiger partial charge on any atom is 0.341 e. The van der Waals surface area contributed by atoms with E-state index in [9.17, 15) is 23.2 Å². The molecule has 0 bridgehead atoms. The van der Waals surface area contributed by atoms with Gasteiger partial charge in [0, 0.05) is 22.5 Å². The molecule has 1 aromatic heterocycles. The normalized spacial score (nSPS) is 10.9. The van der Waals surface area contributed by atoms with E-state index in [1.54, 1.807) is 0 Å². The number of amides is 1. The highest BCUT2D eigenvalue weighted by Crippen LogP contribution is 2.23. The van der Waals surface area contributed by atoms with E-state index in [1.807, 2.05) is 0 Å². The third-order valence-electron chi connectivity index (χ3n) is 4.42. The van der Waals surface area contributed by atoms with Crippen LogP contribution in [0, 0.1) is 18.6 Å². The number of benzene rings is 2. The predicted octanol–water partition coefficient (Wildman–Crippen LogP) is 3.33. The molecule has 0 radical (unpaired) electrons. The lowest BCUT2D eigenvalue weighted by molar-refractivity contribution is -0.120. The fourth-order valence-electron chi connectivity index (χ4n) is 2.95. The van der Waals surface area contributed by atoms with Crippen molar-refractivity contribution in [2.24, 2.45) is 0 Å². The van der Waals surface area contributed by atoms with Gasteiger partial charge in [-0.05, 0) is 42.3 Å². The Balaban J connectivity index is 1.86. The Bertz CT molecular complexity index is 1210. The molecule has 3 aromatic rings. The lowest BCUT2D eigenvalue weighted by atomic mass is 10.1. The van der Waals surface area contributed by atoms with Gasteiger partial charge < -0.3 is 15.4 Å². The van der Waals surface area contributed by atoms with Crippen molar-refractivity contribution in [1.29, 1.82) is 0 Å². The molecule has 9 heteroatoms. The van der Waals surface area contributed by atoms with Crippen LogP contribution < -0.4 is 10.9 Å². The second kappa shape index (κ2) is 8.00. The zero-order valence-corrected chi connectivity index (χ0v) is 15.9. The summed E-state index contributed by atoms with van der Waals surface area (Å²) in [6.07, 6.45) is -0.502. The molecule has 0 saturated heterocycles. The molecular formula is C20H15ClF2N2O4. The summed E-state index contributed by atoms with van der Waals surface area (Å²) in [5.41, 5.74) is -0.638. The summed E-state index contributed by atoms with van der Waals surface area (Å²) in [5.74, 6) is -3.61. The predicted molar refractivity (Wildman–Crippen MR) is 103 cm³/mol. The number of carboxylic acid groups (broad SMARTS) is 1. The Morgan fingerprint density at radius 1 is 1.21 bits per heavy atom. The zero-order chi connectivity index (χ0) is 21.3. The number of aryl methyl sites for hydroxylation is 1. The summed E-state index contributed by atoms with van der Waals surface area (Å²) in [5, 5.41) is 12.2. The second-order valence-electron chi connectivity index (χ2n) is 6.46. The summed E-state index contributed by atoms with van der Waals surface area (Å²) in [6, 6.07) is 6.53. The van der Waals surface area contributed by atoms with E-state index in [4.69, 9.17) is 16.7 Å². The molecule has 0 spiro atoms. The monoisotopic (exact) mass is 420 g/mol.